The summed E-state index contributed by atoms with van der Waals surface area (Å²) in [5.41, 5.74) is -0.484. The minimum Gasteiger partial charge on any atom is -0.460 e. The molecule has 2 aliphatic rings. The maximum Gasteiger partial charge on any atom is 0.315 e. The van der Waals surface area contributed by atoms with Crippen molar-refractivity contribution >= 4 is 17.9 Å². The third kappa shape index (κ3) is 18.1. The van der Waals surface area contributed by atoms with Crippen molar-refractivity contribution in [1.82, 2.24) is 16.0 Å². The van der Waals surface area contributed by atoms with E-state index in [-0.39, 0.29) is 43.0 Å². The molecule has 3 atom stereocenters. The Balaban J connectivity index is 1.57. The molecule has 0 bridgehead atoms. The van der Waals surface area contributed by atoms with Gasteiger partial charge in [-0.25, -0.2) is 4.79 Å². The van der Waals surface area contributed by atoms with E-state index in [1.807, 2.05) is 13.8 Å². The van der Waals surface area contributed by atoms with Crippen molar-refractivity contribution in [2.75, 3.05) is 19.7 Å². The summed E-state index contributed by atoms with van der Waals surface area (Å²) >= 11 is 0. The summed E-state index contributed by atoms with van der Waals surface area (Å²) in [7, 11) is 0. The predicted octanol–water partition coefficient (Wildman–Crippen LogP) is 8.03. The van der Waals surface area contributed by atoms with Gasteiger partial charge in [0.15, 0.2) is 5.79 Å². The van der Waals surface area contributed by atoms with Crippen LogP contribution in [0.2, 0.25) is 0 Å². The van der Waals surface area contributed by atoms with Gasteiger partial charge in [-0.1, -0.05) is 96.4 Å². The lowest BCUT2D eigenvalue weighted by atomic mass is 9.85. The number of amides is 3. The number of hydrogen-bond acceptors (Lipinski definition) is 6. The van der Waals surface area contributed by atoms with Crippen LogP contribution in [0, 0.1) is 5.41 Å². The molecule has 0 aromatic rings. The molecule has 47 heavy (non-hydrogen) atoms. The Morgan fingerprint density at radius 3 is 2.17 bits per heavy atom. The van der Waals surface area contributed by atoms with Crippen LogP contribution < -0.4 is 16.0 Å². The molecule has 1 saturated carbocycles. The van der Waals surface area contributed by atoms with Gasteiger partial charge in [-0.2, -0.15) is 0 Å². The first-order valence-corrected chi connectivity index (χ1v) is 18.7. The Morgan fingerprint density at radius 2 is 1.45 bits per heavy atom. The summed E-state index contributed by atoms with van der Waals surface area (Å²) in [6.07, 6.45) is 27.0. The second-order valence-corrected chi connectivity index (χ2v) is 14.5. The summed E-state index contributed by atoms with van der Waals surface area (Å²) < 4.78 is 17.4. The molecule has 2 rings (SSSR count). The highest BCUT2D eigenvalue weighted by Crippen LogP contribution is 2.34. The standard InChI is InChI=1S/C38H67N3O6/c1-6-7-8-9-10-11-12-13-14-15-16-17-18-19-20-24-28-40-36(44)41-31-25-22-21-23-26-32(31)46-33(42)27-29-39-35(43)34-37(2,3)30-45-38(4,5)47-34/h11-12,14-15,31-32,34H,6-10,13,16-30H2,1-5H3,(H,39,43)(H2,40,41,44). The van der Waals surface area contributed by atoms with Gasteiger partial charge in [0, 0.05) is 18.5 Å². The number of rotatable bonds is 21. The van der Waals surface area contributed by atoms with Crippen LogP contribution >= 0.6 is 0 Å². The molecule has 3 amide bonds. The van der Waals surface area contributed by atoms with Crippen LogP contribution in [-0.4, -0.2) is 61.6 Å². The third-order valence-electron chi connectivity index (χ3n) is 8.98. The molecule has 0 radical (unpaired) electrons. The lowest BCUT2D eigenvalue weighted by molar-refractivity contribution is -0.304. The highest BCUT2D eigenvalue weighted by Gasteiger charge is 2.45. The first-order valence-electron chi connectivity index (χ1n) is 18.7. The molecule has 0 aromatic heterocycles. The molecular formula is C38H67N3O6. The van der Waals surface area contributed by atoms with Gasteiger partial charge in [-0.15, -0.1) is 0 Å². The van der Waals surface area contributed by atoms with E-state index >= 15 is 0 Å². The van der Waals surface area contributed by atoms with Crippen molar-refractivity contribution in [3.8, 4) is 0 Å². The van der Waals surface area contributed by atoms with Crippen molar-refractivity contribution in [2.45, 2.75) is 174 Å². The largest absolute Gasteiger partial charge is 0.460 e. The quantitative estimate of drug-likeness (QED) is 0.0497. The first-order chi connectivity index (χ1) is 22.5. The summed E-state index contributed by atoms with van der Waals surface area (Å²) in [4.78, 5) is 38.2. The number of carbonyl (C=O) groups excluding carboxylic acids is 3. The number of ether oxygens (including phenoxy) is 3. The van der Waals surface area contributed by atoms with Gasteiger partial charge in [0.2, 0.25) is 5.91 Å². The predicted molar refractivity (Wildman–Crippen MR) is 189 cm³/mol. The average molecular weight is 662 g/mol. The van der Waals surface area contributed by atoms with Crippen molar-refractivity contribution in [3.63, 3.8) is 0 Å². The van der Waals surface area contributed by atoms with E-state index < -0.39 is 17.3 Å². The van der Waals surface area contributed by atoms with Gasteiger partial charge >= 0.3 is 12.0 Å². The molecule has 9 nitrogen and oxygen atoms in total. The van der Waals surface area contributed by atoms with E-state index in [2.05, 4.69) is 47.2 Å². The molecule has 1 heterocycles. The highest BCUT2D eigenvalue weighted by molar-refractivity contribution is 5.82. The Kier molecular flexibility index (Phi) is 20.0. The summed E-state index contributed by atoms with van der Waals surface area (Å²) in [5, 5.41) is 8.88. The molecule has 3 N–H and O–H groups in total. The smallest absolute Gasteiger partial charge is 0.315 e. The van der Waals surface area contributed by atoms with Crippen LogP contribution in [-0.2, 0) is 23.8 Å². The minimum absolute atomic E-state index is 0.0566. The highest BCUT2D eigenvalue weighted by atomic mass is 16.7. The lowest BCUT2D eigenvalue weighted by Crippen LogP contribution is -2.56. The van der Waals surface area contributed by atoms with Gasteiger partial charge in [-0.05, 0) is 71.6 Å². The van der Waals surface area contributed by atoms with E-state index in [0.29, 0.717) is 19.6 Å². The van der Waals surface area contributed by atoms with Gasteiger partial charge in [0.05, 0.1) is 19.1 Å². The fraction of sp³-hybridized carbons (Fsp3) is 0.816. The number of urea groups is 1. The van der Waals surface area contributed by atoms with E-state index in [4.69, 9.17) is 14.2 Å². The number of allylic oxidation sites excluding steroid dienone is 4. The van der Waals surface area contributed by atoms with Gasteiger partial charge < -0.3 is 30.2 Å². The Morgan fingerprint density at radius 1 is 0.787 bits per heavy atom. The zero-order valence-corrected chi connectivity index (χ0v) is 30.3. The average Bonchev–Trinajstić information content (AvgIpc) is 3.24. The molecule has 2 fully saturated rings. The second-order valence-electron chi connectivity index (χ2n) is 14.5. The Labute approximate surface area is 285 Å². The minimum atomic E-state index is -0.841. The second kappa shape index (κ2) is 23.0. The molecule has 0 spiro atoms. The first kappa shape index (κ1) is 40.8. The van der Waals surface area contributed by atoms with Crippen LogP contribution in [0.5, 0.6) is 0 Å². The maximum atomic E-state index is 12.9. The SMILES string of the molecule is CCCCCCC=CCC=CCCCCCCCNC(=O)NC1CCCCCC1OC(=O)CCNC(=O)C1OC(C)(C)OCC1(C)C. The fourth-order valence-corrected chi connectivity index (χ4v) is 6.04. The van der Waals surface area contributed by atoms with Gasteiger partial charge in [-0.3, -0.25) is 9.59 Å². The van der Waals surface area contributed by atoms with Crippen molar-refractivity contribution in [1.29, 1.82) is 0 Å². The normalized spacial score (nSPS) is 22.5. The van der Waals surface area contributed by atoms with Crippen LogP contribution in [0.3, 0.4) is 0 Å². The number of carbonyl (C=O) groups is 3. The number of esters is 1. The summed E-state index contributed by atoms with van der Waals surface area (Å²) in [6.45, 7) is 10.9. The van der Waals surface area contributed by atoms with Crippen LogP contribution in [0.1, 0.15) is 150 Å². The lowest BCUT2D eigenvalue weighted by Gasteiger charge is -2.44. The van der Waals surface area contributed by atoms with Crippen LogP contribution in [0.15, 0.2) is 24.3 Å². The van der Waals surface area contributed by atoms with E-state index in [9.17, 15) is 14.4 Å². The summed E-state index contributed by atoms with van der Waals surface area (Å²) in [6, 6.07) is -0.420. The van der Waals surface area contributed by atoms with Gasteiger partial charge in [0.1, 0.15) is 12.2 Å². The monoisotopic (exact) mass is 662 g/mol. The number of unbranched alkanes of at least 4 members (excludes halogenated alkanes) is 9. The molecule has 1 saturated heterocycles. The molecule has 3 unspecified atom stereocenters. The molecular weight excluding hydrogens is 594 g/mol. The van der Waals surface area contributed by atoms with E-state index in [0.717, 1.165) is 51.4 Å². The van der Waals surface area contributed by atoms with Crippen LogP contribution in [0.4, 0.5) is 4.79 Å². The van der Waals surface area contributed by atoms with Crippen molar-refractivity contribution in [3.05, 3.63) is 24.3 Å². The van der Waals surface area contributed by atoms with Gasteiger partial charge in [0.25, 0.3) is 0 Å². The number of hydrogen-bond donors (Lipinski definition) is 3. The number of nitrogens with one attached hydrogen (secondary N) is 3. The zero-order chi connectivity index (χ0) is 34.4. The maximum absolute atomic E-state index is 12.9. The Hall–Kier alpha value is -2.39. The van der Waals surface area contributed by atoms with Crippen molar-refractivity contribution < 1.29 is 28.6 Å². The zero-order valence-electron chi connectivity index (χ0n) is 30.3. The molecule has 1 aliphatic heterocycles. The van der Waals surface area contributed by atoms with E-state index in [1.54, 1.807) is 13.8 Å². The third-order valence-corrected chi connectivity index (χ3v) is 8.98. The molecule has 270 valence electrons. The topological polar surface area (TPSA) is 115 Å². The summed E-state index contributed by atoms with van der Waals surface area (Å²) in [5.74, 6) is -1.48. The van der Waals surface area contributed by atoms with Crippen LogP contribution in [0.25, 0.3) is 0 Å². The van der Waals surface area contributed by atoms with E-state index in [1.165, 1.54) is 51.4 Å². The molecule has 1 aliphatic carbocycles. The van der Waals surface area contributed by atoms with Crippen molar-refractivity contribution in [2.24, 2.45) is 5.41 Å². The Bertz CT molecular complexity index is 963. The molecule has 9 heteroatoms. The fourth-order valence-electron chi connectivity index (χ4n) is 6.04. The molecule has 0 aromatic carbocycles.